The Kier molecular flexibility index (Phi) is 2.95. The zero-order valence-corrected chi connectivity index (χ0v) is 9.07. The highest BCUT2D eigenvalue weighted by molar-refractivity contribution is 5.83. The summed E-state index contributed by atoms with van der Waals surface area (Å²) in [6.07, 6.45) is 0. The van der Waals surface area contributed by atoms with E-state index in [-0.39, 0.29) is 11.9 Å². The Morgan fingerprint density at radius 2 is 2.07 bits per heavy atom. The van der Waals surface area contributed by atoms with E-state index in [0.29, 0.717) is 39.5 Å². The minimum atomic E-state index is -0.544. The SMILES string of the molecule is CC1(C(=O)N2CCOCC2)COCC1N. The van der Waals surface area contributed by atoms with Crippen molar-refractivity contribution in [3.63, 3.8) is 0 Å². The second-order valence-corrected chi connectivity index (χ2v) is 4.44. The molecular formula is C10H18N2O3. The van der Waals surface area contributed by atoms with Crippen molar-refractivity contribution in [1.29, 1.82) is 0 Å². The van der Waals surface area contributed by atoms with Crippen LogP contribution in [0.1, 0.15) is 6.92 Å². The smallest absolute Gasteiger partial charge is 0.232 e. The number of carbonyl (C=O) groups is 1. The molecule has 0 aliphatic carbocycles. The lowest BCUT2D eigenvalue weighted by atomic mass is 9.84. The van der Waals surface area contributed by atoms with Crippen LogP contribution in [0.25, 0.3) is 0 Å². The third kappa shape index (κ3) is 1.87. The minimum absolute atomic E-state index is 0.107. The third-order valence-corrected chi connectivity index (χ3v) is 3.30. The first-order valence-electron chi connectivity index (χ1n) is 5.35. The average Bonchev–Trinajstić information content (AvgIpc) is 2.61. The molecule has 1 amide bonds. The molecule has 0 saturated carbocycles. The first kappa shape index (κ1) is 10.9. The standard InChI is InChI=1S/C10H18N2O3/c1-10(7-15-6-8(10)11)9(13)12-2-4-14-5-3-12/h8H,2-7,11H2,1H3. The molecule has 0 spiro atoms. The number of carbonyl (C=O) groups excluding carboxylic acids is 1. The van der Waals surface area contributed by atoms with Crippen LogP contribution in [0.3, 0.4) is 0 Å². The molecule has 2 aliphatic heterocycles. The maximum absolute atomic E-state index is 12.2. The van der Waals surface area contributed by atoms with E-state index in [1.54, 1.807) is 0 Å². The summed E-state index contributed by atoms with van der Waals surface area (Å²) in [6.45, 7) is 5.39. The molecule has 2 N–H and O–H groups in total. The van der Waals surface area contributed by atoms with Crippen molar-refractivity contribution < 1.29 is 14.3 Å². The number of nitrogens with two attached hydrogens (primary N) is 1. The van der Waals surface area contributed by atoms with Crippen LogP contribution in [-0.2, 0) is 14.3 Å². The van der Waals surface area contributed by atoms with E-state index in [1.807, 2.05) is 11.8 Å². The van der Waals surface area contributed by atoms with Crippen LogP contribution in [0.5, 0.6) is 0 Å². The van der Waals surface area contributed by atoms with E-state index in [9.17, 15) is 4.79 Å². The number of nitrogens with zero attached hydrogens (tertiary/aromatic N) is 1. The van der Waals surface area contributed by atoms with Crippen LogP contribution < -0.4 is 5.73 Å². The van der Waals surface area contributed by atoms with E-state index < -0.39 is 5.41 Å². The maximum Gasteiger partial charge on any atom is 0.232 e. The summed E-state index contributed by atoms with van der Waals surface area (Å²) < 4.78 is 10.5. The van der Waals surface area contributed by atoms with Crippen LogP contribution >= 0.6 is 0 Å². The number of rotatable bonds is 1. The Hall–Kier alpha value is -0.650. The fourth-order valence-electron chi connectivity index (χ4n) is 2.04. The number of ether oxygens (including phenoxy) is 2. The molecule has 0 aromatic carbocycles. The van der Waals surface area contributed by atoms with Crippen molar-refractivity contribution in [1.82, 2.24) is 4.90 Å². The highest BCUT2D eigenvalue weighted by atomic mass is 16.5. The van der Waals surface area contributed by atoms with Gasteiger partial charge in [0.2, 0.25) is 5.91 Å². The van der Waals surface area contributed by atoms with E-state index in [0.717, 1.165) is 0 Å². The zero-order chi connectivity index (χ0) is 10.9. The van der Waals surface area contributed by atoms with E-state index >= 15 is 0 Å². The van der Waals surface area contributed by atoms with Gasteiger partial charge in [0.1, 0.15) is 0 Å². The van der Waals surface area contributed by atoms with Crippen molar-refractivity contribution in [2.24, 2.45) is 11.1 Å². The summed E-state index contributed by atoms with van der Waals surface area (Å²) in [5.74, 6) is 0.107. The molecule has 0 aromatic heterocycles. The lowest BCUT2D eigenvalue weighted by Crippen LogP contribution is -2.54. The Bertz CT molecular complexity index is 253. The van der Waals surface area contributed by atoms with Crippen molar-refractivity contribution >= 4 is 5.91 Å². The number of amides is 1. The lowest BCUT2D eigenvalue weighted by Gasteiger charge is -2.35. The van der Waals surface area contributed by atoms with Crippen molar-refractivity contribution in [3.8, 4) is 0 Å². The first-order chi connectivity index (χ1) is 7.14. The van der Waals surface area contributed by atoms with Gasteiger partial charge in [-0.05, 0) is 6.92 Å². The van der Waals surface area contributed by atoms with E-state index in [1.165, 1.54) is 0 Å². The van der Waals surface area contributed by atoms with Crippen LogP contribution in [-0.4, -0.2) is 56.4 Å². The lowest BCUT2D eigenvalue weighted by molar-refractivity contribution is -0.145. The molecule has 15 heavy (non-hydrogen) atoms. The fraction of sp³-hybridized carbons (Fsp3) is 0.900. The summed E-state index contributed by atoms with van der Waals surface area (Å²) in [5, 5.41) is 0. The van der Waals surface area contributed by atoms with Crippen molar-refractivity contribution in [2.75, 3.05) is 39.5 Å². The van der Waals surface area contributed by atoms with Crippen molar-refractivity contribution in [3.05, 3.63) is 0 Å². The summed E-state index contributed by atoms with van der Waals surface area (Å²) in [6, 6.07) is -0.187. The van der Waals surface area contributed by atoms with Gasteiger partial charge in [0.15, 0.2) is 0 Å². The van der Waals surface area contributed by atoms with Crippen LogP contribution in [0.2, 0.25) is 0 Å². The first-order valence-corrected chi connectivity index (χ1v) is 5.35. The molecule has 0 radical (unpaired) electrons. The summed E-state index contributed by atoms with van der Waals surface area (Å²) in [5.41, 5.74) is 5.37. The largest absolute Gasteiger partial charge is 0.379 e. The van der Waals surface area contributed by atoms with Gasteiger partial charge >= 0.3 is 0 Å². The molecule has 2 atom stereocenters. The fourth-order valence-corrected chi connectivity index (χ4v) is 2.04. The zero-order valence-electron chi connectivity index (χ0n) is 9.07. The molecule has 2 aliphatic rings. The second kappa shape index (κ2) is 4.08. The van der Waals surface area contributed by atoms with Gasteiger partial charge in [-0.3, -0.25) is 4.79 Å². The van der Waals surface area contributed by atoms with Gasteiger partial charge in [-0.1, -0.05) is 0 Å². The predicted octanol–water partition coefficient (Wildman–Crippen LogP) is -0.791. The summed E-state index contributed by atoms with van der Waals surface area (Å²) in [7, 11) is 0. The highest BCUT2D eigenvalue weighted by Gasteiger charge is 2.46. The van der Waals surface area contributed by atoms with Gasteiger partial charge in [0, 0.05) is 19.1 Å². The number of morpholine rings is 1. The molecule has 2 saturated heterocycles. The van der Waals surface area contributed by atoms with Crippen LogP contribution in [0, 0.1) is 5.41 Å². The van der Waals surface area contributed by atoms with Gasteiger partial charge in [0.25, 0.3) is 0 Å². The Labute approximate surface area is 89.5 Å². The molecule has 5 heteroatoms. The monoisotopic (exact) mass is 214 g/mol. The predicted molar refractivity (Wildman–Crippen MR) is 54.3 cm³/mol. The van der Waals surface area contributed by atoms with Gasteiger partial charge in [-0.15, -0.1) is 0 Å². The Morgan fingerprint density at radius 1 is 1.40 bits per heavy atom. The third-order valence-electron chi connectivity index (χ3n) is 3.30. The Balaban J connectivity index is 2.05. The molecule has 2 fully saturated rings. The molecule has 0 aromatic rings. The molecule has 2 heterocycles. The second-order valence-electron chi connectivity index (χ2n) is 4.44. The van der Waals surface area contributed by atoms with Crippen LogP contribution in [0.15, 0.2) is 0 Å². The molecule has 86 valence electrons. The van der Waals surface area contributed by atoms with Crippen LogP contribution in [0.4, 0.5) is 0 Å². The number of hydrogen-bond acceptors (Lipinski definition) is 4. The van der Waals surface area contributed by atoms with Gasteiger partial charge in [-0.25, -0.2) is 0 Å². The van der Waals surface area contributed by atoms with Crippen molar-refractivity contribution in [2.45, 2.75) is 13.0 Å². The summed E-state index contributed by atoms with van der Waals surface area (Å²) in [4.78, 5) is 14.1. The van der Waals surface area contributed by atoms with Gasteiger partial charge in [-0.2, -0.15) is 0 Å². The van der Waals surface area contributed by atoms with Gasteiger partial charge < -0.3 is 20.1 Å². The highest BCUT2D eigenvalue weighted by Crippen LogP contribution is 2.29. The summed E-state index contributed by atoms with van der Waals surface area (Å²) >= 11 is 0. The molecule has 2 rings (SSSR count). The van der Waals surface area contributed by atoms with Gasteiger partial charge in [0.05, 0.1) is 31.8 Å². The maximum atomic E-state index is 12.2. The quantitative estimate of drug-likeness (QED) is 0.621. The topological polar surface area (TPSA) is 64.8 Å². The normalized spacial score (nSPS) is 36.9. The molecule has 5 nitrogen and oxygen atoms in total. The van der Waals surface area contributed by atoms with E-state index in [4.69, 9.17) is 15.2 Å². The Morgan fingerprint density at radius 3 is 2.60 bits per heavy atom. The minimum Gasteiger partial charge on any atom is -0.379 e. The average molecular weight is 214 g/mol. The van der Waals surface area contributed by atoms with E-state index in [2.05, 4.69) is 0 Å². The molecular weight excluding hydrogens is 196 g/mol. The number of hydrogen-bond donors (Lipinski definition) is 1. The molecule has 0 bridgehead atoms. The molecule has 2 unspecified atom stereocenters.